The molecule has 1 aliphatic carbocycles. The Kier molecular flexibility index (Phi) is 4.11. The second-order valence-electron chi connectivity index (χ2n) is 3.56. The van der Waals surface area contributed by atoms with E-state index in [1.165, 1.54) is 22.3 Å². The summed E-state index contributed by atoms with van der Waals surface area (Å²) in [7, 11) is 0. The Morgan fingerprint density at radius 2 is 1.87 bits per heavy atom. The van der Waals surface area contributed by atoms with Crippen LogP contribution < -0.4 is 0 Å². The van der Waals surface area contributed by atoms with Crippen molar-refractivity contribution >= 4 is 0 Å². The molecule has 0 radical (unpaired) electrons. The standard InChI is InChI=1S/C15H18/c1-5-8-10-14-11-13(7-3)15(9-6-2)12(14)4/h5-10H,1,3,11H2,2,4H3/b9-6-,10-8-. The molecule has 0 aromatic carbocycles. The van der Waals surface area contributed by atoms with Crippen molar-refractivity contribution in [3.8, 4) is 0 Å². The Balaban J connectivity index is 3.06. The maximum Gasteiger partial charge on any atom is -0.00171 e. The summed E-state index contributed by atoms with van der Waals surface area (Å²) in [5, 5.41) is 0. The normalized spacial score (nSPS) is 17.2. The lowest BCUT2D eigenvalue weighted by molar-refractivity contribution is 1.24. The van der Waals surface area contributed by atoms with Crippen molar-refractivity contribution in [2.45, 2.75) is 20.3 Å². The number of allylic oxidation sites excluding steroid dienone is 10. The first-order valence-corrected chi connectivity index (χ1v) is 5.22. The quantitative estimate of drug-likeness (QED) is 0.583. The molecule has 78 valence electrons. The molecule has 0 nitrogen and oxygen atoms in total. The third kappa shape index (κ3) is 2.47. The summed E-state index contributed by atoms with van der Waals surface area (Å²) < 4.78 is 0. The van der Waals surface area contributed by atoms with Crippen LogP contribution in [0.25, 0.3) is 0 Å². The molecule has 0 spiro atoms. The van der Waals surface area contributed by atoms with Crippen LogP contribution in [-0.4, -0.2) is 0 Å². The van der Waals surface area contributed by atoms with Crippen LogP contribution in [0.5, 0.6) is 0 Å². The molecule has 0 heterocycles. The van der Waals surface area contributed by atoms with Gasteiger partial charge in [0.15, 0.2) is 0 Å². The van der Waals surface area contributed by atoms with Crippen LogP contribution in [0, 0.1) is 0 Å². The first kappa shape index (κ1) is 11.5. The average molecular weight is 198 g/mol. The Morgan fingerprint density at radius 1 is 1.13 bits per heavy atom. The van der Waals surface area contributed by atoms with Gasteiger partial charge in [0, 0.05) is 0 Å². The Hall–Kier alpha value is -1.56. The fourth-order valence-corrected chi connectivity index (χ4v) is 1.80. The van der Waals surface area contributed by atoms with Gasteiger partial charge in [-0.25, -0.2) is 0 Å². The Labute approximate surface area is 92.7 Å². The van der Waals surface area contributed by atoms with Gasteiger partial charge in [0.2, 0.25) is 0 Å². The number of hydrogen-bond acceptors (Lipinski definition) is 0. The highest BCUT2D eigenvalue weighted by atomic mass is 14.2. The summed E-state index contributed by atoms with van der Waals surface area (Å²) in [5.41, 5.74) is 5.34. The molecule has 0 fully saturated rings. The minimum absolute atomic E-state index is 0.985. The minimum Gasteiger partial charge on any atom is -0.0991 e. The van der Waals surface area contributed by atoms with Gasteiger partial charge in [0.1, 0.15) is 0 Å². The lowest BCUT2D eigenvalue weighted by Gasteiger charge is -1.98. The average Bonchev–Trinajstić information content (AvgIpc) is 2.54. The van der Waals surface area contributed by atoms with Gasteiger partial charge in [-0.2, -0.15) is 0 Å². The number of rotatable bonds is 4. The van der Waals surface area contributed by atoms with Crippen molar-refractivity contribution in [1.29, 1.82) is 0 Å². The third-order valence-electron chi connectivity index (χ3n) is 2.63. The van der Waals surface area contributed by atoms with E-state index in [2.05, 4.69) is 38.3 Å². The topological polar surface area (TPSA) is 0 Å². The van der Waals surface area contributed by atoms with Gasteiger partial charge in [0.05, 0.1) is 0 Å². The van der Waals surface area contributed by atoms with Crippen LogP contribution in [0.1, 0.15) is 20.3 Å². The summed E-state index contributed by atoms with van der Waals surface area (Å²) in [4.78, 5) is 0. The monoisotopic (exact) mass is 198 g/mol. The molecule has 1 aliphatic rings. The minimum atomic E-state index is 0.985. The zero-order valence-corrected chi connectivity index (χ0v) is 9.59. The maximum absolute atomic E-state index is 3.86. The smallest absolute Gasteiger partial charge is 0.00171 e. The summed E-state index contributed by atoms with van der Waals surface area (Å²) in [6.07, 6.45) is 13.1. The van der Waals surface area contributed by atoms with Crippen LogP contribution in [0.15, 0.2) is 71.9 Å². The lowest BCUT2D eigenvalue weighted by Crippen LogP contribution is -1.79. The van der Waals surface area contributed by atoms with E-state index in [-0.39, 0.29) is 0 Å². The summed E-state index contributed by atoms with van der Waals surface area (Å²) >= 11 is 0. The summed E-state index contributed by atoms with van der Waals surface area (Å²) in [6, 6.07) is 0. The van der Waals surface area contributed by atoms with Gasteiger partial charge in [0.25, 0.3) is 0 Å². The van der Waals surface area contributed by atoms with Crippen LogP contribution in [0.4, 0.5) is 0 Å². The highest BCUT2D eigenvalue weighted by molar-refractivity contribution is 5.57. The highest BCUT2D eigenvalue weighted by Gasteiger charge is 2.15. The van der Waals surface area contributed by atoms with E-state index >= 15 is 0 Å². The molecule has 0 aromatic heterocycles. The SMILES string of the molecule is C=C/C=C\C1=C(C)C(/C=C\C)=C(C=C)C1. The van der Waals surface area contributed by atoms with E-state index in [9.17, 15) is 0 Å². The van der Waals surface area contributed by atoms with E-state index in [0.29, 0.717) is 0 Å². The molecule has 0 bridgehead atoms. The van der Waals surface area contributed by atoms with Crippen molar-refractivity contribution in [3.05, 3.63) is 71.9 Å². The second-order valence-corrected chi connectivity index (χ2v) is 3.56. The zero-order chi connectivity index (χ0) is 11.3. The van der Waals surface area contributed by atoms with Crippen molar-refractivity contribution in [1.82, 2.24) is 0 Å². The maximum atomic E-state index is 3.86. The van der Waals surface area contributed by atoms with Crippen LogP contribution >= 0.6 is 0 Å². The fraction of sp³-hybridized carbons (Fsp3) is 0.200. The Bertz CT molecular complexity index is 384. The van der Waals surface area contributed by atoms with E-state index in [4.69, 9.17) is 0 Å². The molecule has 0 atom stereocenters. The van der Waals surface area contributed by atoms with Crippen molar-refractivity contribution in [2.24, 2.45) is 0 Å². The van der Waals surface area contributed by atoms with Crippen LogP contribution in [0.3, 0.4) is 0 Å². The highest BCUT2D eigenvalue weighted by Crippen LogP contribution is 2.34. The van der Waals surface area contributed by atoms with Gasteiger partial charge < -0.3 is 0 Å². The summed E-state index contributed by atoms with van der Waals surface area (Å²) in [6.45, 7) is 11.7. The molecule has 0 saturated heterocycles. The first-order valence-electron chi connectivity index (χ1n) is 5.22. The number of hydrogen-bond donors (Lipinski definition) is 0. The third-order valence-corrected chi connectivity index (χ3v) is 2.63. The van der Waals surface area contributed by atoms with Crippen LogP contribution in [0.2, 0.25) is 0 Å². The van der Waals surface area contributed by atoms with E-state index < -0.39 is 0 Å². The van der Waals surface area contributed by atoms with Crippen molar-refractivity contribution in [2.75, 3.05) is 0 Å². The molecule has 0 amide bonds. The molecular formula is C15H18. The van der Waals surface area contributed by atoms with E-state index in [0.717, 1.165) is 6.42 Å². The molecule has 1 rings (SSSR count). The first-order chi connectivity index (χ1) is 7.24. The van der Waals surface area contributed by atoms with Crippen LogP contribution in [-0.2, 0) is 0 Å². The zero-order valence-electron chi connectivity index (χ0n) is 9.59. The van der Waals surface area contributed by atoms with Crippen molar-refractivity contribution < 1.29 is 0 Å². The van der Waals surface area contributed by atoms with Gasteiger partial charge >= 0.3 is 0 Å². The van der Waals surface area contributed by atoms with Gasteiger partial charge in [-0.15, -0.1) is 0 Å². The predicted molar refractivity (Wildman–Crippen MR) is 68.7 cm³/mol. The molecule has 0 heteroatoms. The molecule has 15 heavy (non-hydrogen) atoms. The van der Waals surface area contributed by atoms with Gasteiger partial charge in [-0.3, -0.25) is 0 Å². The Morgan fingerprint density at radius 3 is 2.40 bits per heavy atom. The second kappa shape index (κ2) is 5.35. The van der Waals surface area contributed by atoms with Gasteiger partial charge in [-0.05, 0) is 42.6 Å². The predicted octanol–water partition coefficient (Wildman–Crippen LogP) is 4.51. The molecule has 0 N–H and O–H groups in total. The molecule has 0 unspecified atom stereocenters. The molecular weight excluding hydrogens is 180 g/mol. The molecule has 0 aromatic rings. The van der Waals surface area contributed by atoms with E-state index in [1.807, 2.05) is 25.2 Å². The van der Waals surface area contributed by atoms with Gasteiger partial charge in [-0.1, -0.05) is 49.6 Å². The lowest BCUT2D eigenvalue weighted by atomic mass is 10.1. The summed E-state index contributed by atoms with van der Waals surface area (Å²) in [5.74, 6) is 0. The van der Waals surface area contributed by atoms with Crippen molar-refractivity contribution in [3.63, 3.8) is 0 Å². The largest absolute Gasteiger partial charge is 0.0991 e. The molecule has 0 aliphatic heterocycles. The molecule has 0 saturated carbocycles. The van der Waals surface area contributed by atoms with E-state index in [1.54, 1.807) is 0 Å². The fourth-order valence-electron chi connectivity index (χ4n) is 1.80.